The predicted molar refractivity (Wildman–Crippen MR) is 67.7 cm³/mol. The molecular formula is C12H11ClN2O4. The van der Waals surface area contributed by atoms with Crippen molar-refractivity contribution in [2.45, 2.75) is 19.2 Å². The second-order valence-corrected chi connectivity index (χ2v) is 3.89. The first-order valence-electron chi connectivity index (χ1n) is 5.45. The largest absolute Gasteiger partial charge is 0.466 e. The quantitative estimate of drug-likeness (QED) is 0.357. The van der Waals surface area contributed by atoms with Gasteiger partial charge in [-0.05, 0) is 24.1 Å². The Hall–Kier alpha value is -2.13. The molecule has 0 saturated carbocycles. The molecule has 1 aromatic rings. The number of hydrogen-bond donors (Lipinski definition) is 0. The van der Waals surface area contributed by atoms with E-state index in [1.807, 2.05) is 0 Å². The molecule has 0 aliphatic carbocycles. The number of alkyl halides is 1. The molecule has 0 heterocycles. The summed E-state index contributed by atoms with van der Waals surface area (Å²) in [5, 5.41) is 19.7. The van der Waals surface area contributed by atoms with Gasteiger partial charge in [-0.25, -0.2) is 0 Å². The third-order valence-electron chi connectivity index (χ3n) is 2.42. The molecule has 0 unspecified atom stereocenters. The van der Waals surface area contributed by atoms with Crippen molar-refractivity contribution in [1.82, 2.24) is 0 Å². The number of hydrogen-bond acceptors (Lipinski definition) is 5. The summed E-state index contributed by atoms with van der Waals surface area (Å²) in [5.74, 6) is -0.436. The van der Waals surface area contributed by atoms with Gasteiger partial charge in [0.15, 0.2) is 0 Å². The molecule has 100 valence electrons. The van der Waals surface area contributed by atoms with Crippen molar-refractivity contribution < 1.29 is 14.5 Å². The summed E-state index contributed by atoms with van der Waals surface area (Å²) < 4.78 is 4.79. The summed E-state index contributed by atoms with van der Waals surface area (Å²) in [6.07, 6.45) is -0.109. The first kappa shape index (κ1) is 14.9. The minimum absolute atomic E-state index is 0.0570. The van der Waals surface area contributed by atoms with Gasteiger partial charge in [0.05, 0.1) is 18.0 Å². The van der Waals surface area contributed by atoms with Gasteiger partial charge in [-0.15, -0.1) is 11.6 Å². The molecule has 1 aromatic carbocycles. The molecule has 0 saturated heterocycles. The molecule has 7 heteroatoms. The molecule has 19 heavy (non-hydrogen) atoms. The van der Waals surface area contributed by atoms with Crippen LogP contribution in [0.1, 0.15) is 23.6 Å². The minimum atomic E-state index is -0.661. The van der Waals surface area contributed by atoms with Crippen LogP contribution < -0.4 is 0 Å². The van der Waals surface area contributed by atoms with Crippen molar-refractivity contribution >= 4 is 23.3 Å². The molecule has 0 radical (unpaired) electrons. The summed E-state index contributed by atoms with van der Waals surface area (Å²) in [4.78, 5) is 21.6. The van der Waals surface area contributed by atoms with Crippen LogP contribution in [-0.2, 0) is 21.8 Å². The maximum atomic E-state index is 11.4. The van der Waals surface area contributed by atoms with Gasteiger partial charge in [-0.3, -0.25) is 14.9 Å². The van der Waals surface area contributed by atoms with Crippen LogP contribution in [0, 0.1) is 21.4 Å². The number of esters is 1. The van der Waals surface area contributed by atoms with Crippen LogP contribution in [0.2, 0.25) is 0 Å². The monoisotopic (exact) mass is 282 g/mol. The van der Waals surface area contributed by atoms with Gasteiger partial charge < -0.3 is 4.74 Å². The summed E-state index contributed by atoms with van der Waals surface area (Å²) in [7, 11) is 0. The van der Waals surface area contributed by atoms with Gasteiger partial charge in [-0.1, -0.05) is 0 Å². The van der Waals surface area contributed by atoms with E-state index in [2.05, 4.69) is 0 Å². The Kier molecular flexibility index (Phi) is 5.27. The first-order chi connectivity index (χ1) is 9.03. The third-order valence-corrected chi connectivity index (χ3v) is 2.71. The van der Waals surface area contributed by atoms with Gasteiger partial charge in [0.1, 0.15) is 11.6 Å². The van der Waals surface area contributed by atoms with Crippen LogP contribution in [0.25, 0.3) is 0 Å². The molecule has 0 bridgehead atoms. The lowest BCUT2D eigenvalue weighted by molar-refractivity contribution is -0.385. The molecule has 0 aliphatic rings. The fourth-order valence-corrected chi connectivity index (χ4v) is 1.82. The number of rotatable bonds is 5. The Morgan fingerprint density at radius 2 is 2.21 bits per heavy atom. The lowest BCUT2D eigenvalue weighted by Gasteiger charge is -2.08. The Labute approximate surface area is 114 Å². The summed E-state index contributed by atoms with van der Waals surface area (Å²) >= 11 is 5.72. The topological polar surface area (TPSA) is 93.2 Å². The molecule has 0 aliphatic heterocycles. The van der Waals surface area contributed by atoms with Crippen LogP contribution >= 0.6 is 11.6 Å². The van der Waals surface area contributed by atoms with E-state index in [0.29, 0.717) is 11.1 Å². The molecule has 0 aromatic heterocycles. The van der Waals surface area contributed by atoms with E-state index >= 15 is 0 Å². The average Bonchev–Trinajstić information content (AvgIpc) is 2.38. The molecule has 6 nitrogen and oxygen atoms in total. The van der Waals surface area contributed by atoms with E-state index in [1.165, 1.54) is 12.1 Å². The van der Waals surface area contributed by atoms with Crippen LogP contribution in [-0.4, -0.2) is 17.5 Å². The highest BCUT2D eigenvalue weighted by Crippen LogP contribution is 2.25. The number of carbonyl (C=O) groups is 1. The van der Waals surface area contributed by atoms with Crippen LogP contribution in [0.3, 0.4) is 0 Å². The van der Waals surface area contributed by atoms with Crippen molar-refractivity contribution in [3.05, 3.63) is 38.9 Å². The van der Waals surface area contributed by atoms with Gasteiger partial charge in [0, 0.05) is 11.9 Å². The number of nitro groups is 1. The zero-order chi connectivity index (χ0) is 14.4. The fourth-order valence-electron chi connectivity index (χ4n) is 1.57. The second kappa shape index (κ2) is 6.71. The van der Waals surface area contributed by atoms with E-state index < -0.39 is 10.9 Å². The number of nitrogens with zero attached hydrogens (tertiary/aromatic N) is 2. The van der Waals surface area contributed by atoms with Crippen molar-refractivity contribution in [1.29, 1.82) is 5.26 Å². The smallest absolute Gasteiger partial charge is 0.310 e. The maximum Gasteiger partial charge on any atom is 0.310 e. The van der Waals surface area contributed by atoms with E-state index in [9.17, 15) is 14.9 Å². The Bertz CT molecular complexity index is 551. The first-order valence-corrected chi connectivity index (χ1v) is 5.98. The van der Waals surface area contributed by atoms with Gasteiger partial charge >= 0.3 is 5.97 Å². The zero-order valence-electron chi connectivity index (χ0n) is 10.2. The zero-order valence-corrected chi connectivity index (χ0v) is 10.9. The highest BCUT2D eigenvalue weighted by atomic mass is 35.5. The second-order valence-electron chi connectivity index (χ2n) is 3.62. The molecule has 1 rings (SSSR count). The van der Waals surface area contributed by atoms with Crippen LogP contribution in [0.5, 0.6) is 0 Å². The summed E-state index contributed by atoms with van der Waals surface area (Å²) in [6, 6.07) is 4.28. The molecule has 0 fully saturated rings. The van der Waals surface area contributed by atoms with Crippen LogP contribution in [0.4, 0.5) is 5.69 Å². The van der Waals surface area contributed by atoms with Gasteiger partial charge in [-0.2, -0.15) is 5.26 Å². The average molecular weight is 283 g/mol. The Morgan fingerprint density at radius 3 is 2.68 bits per heavy atom. The molecule has 0 amide bonds. The number of ether oxygens (including phenoxy) is 1. The summed E-state index contributed by atoms with van der Waals surface area (Å²) in [6.45, 7) is 1.90. The van der Waals surface area contributed by atoms with E-state index in [-0.39, 0.29) is 30.2 Å². The Balaban J connectivity index is 3.23. The number of carbonyl (C=O) groups excluding carboxylic acids is 1. The summed E-state index contributed by atoms with van der Waals surface area (Å²) in [5.41, 5.74) is 0.500. The SMILES string of the molecule is CCOC(=O)Cc1cc([N+](=O)[O-])c(C#N)cc1CCl. The number of nitro benzene ring substituents is 1. The maximum absolute atomic E-state index is 11.4. The number of nitriles is 1. The third kappa shape index (κ3) is 3.66. The molecule has 0 atom stereocenters. The van der Waals surface area contributed by atoms with E-state index in [1.54, 1.807) is 13.0 Å². The van der Waals surface area contributed by atoms with Gasteiger partial charge in [0.2, 0.25) is 0 Å². The number of benzene rings is 1. The van der Waals surface area contributed by atoms with Crippen molar-refractivity contribution in [3.63, 3.8) is 0 Å². The molecular weight excluding hydrogens is 272 g/mol. The normalized spacial score (nSPS) is 9.74. The van der Waals surface area contributed by atoms with Crippen molar-refractivity contribution in [2.75, 3.05) is 6.61 Å². The predicted octanol–water partition coefficient (Wildman–Crippen LogP) is 2.31. The van der Waals surface area contributed by atoms with Gasteiger partial charge in [0.25, 0.3) is 5.69 Å². The number of halogens is 1. The van der Waals surface area contributed by atoms with Crippen LogP contribution in [0.15, 0.2) is 12.1 Å². The minimum Gasteiger partial charge on any atom is -0.466 e. The van der Waals surface area contributed by atoms with Crippen molar-refractivity contribution in [2.24, 2.45) is 0 Å². The lowest BCUT2D eigenvalue weighted by Crippen LogP contribution is -2.10. The lowest BCUT2D eigenvalue weighted by atomic mass is 10.0. The molecule has 0 spiro atoms. The van der Waals surface area contributed by atoms with Crippen molar-refractivity contribution in [3.8, 4) is 6.07 Å². The highest BCUT2D eigenvalue weighted by molar-refractivity contribution is 6.17. The molecule has 0 N–H and O–H groups in total. The Morgan fingerprint density at radius 1 is 1.53 bits per heavy atom. The van der Waals surface area contributed by atoms with E-state index in [4.69, 9.17) is 21.6 Å². The highest BCUT2D eigenvalue weighted by Gasteiger charge is 2.19. The van der Waals surface area contributed by atoms with E-state index in [0.717, 1.165) is 0 Å². The standard InChI is InChI=1S/C12H11ClN2O4/c1-2-19-12(16)5-8-4-11(15(17)18)10(7-14)3-9(8)6-13/h3-4H,2,5-6H2,1H3. The fraction of sp³-hybridized carbons (Fsp3) is 0.333.